The molecule has 195 valence electrons. The van der Waals surface area contributed by atoms with Crippen molar-refractivity contribution in [1.29, 1.82) is 0 Å². The van der Waals surface area contributed by atoms with Crippen LogP contribution >= 0.6 is 0 Å². The molecule has 0 bridgehead atoms. The molecule has 2 aromatic carbocycles. The molecule has 36 heavy (non-hydrogen) atoms. The normalized spacial score (nSPS) is 26.6. The van der Waals surface area contributed by atoms with E-state index < -0.39 is 0 Å². The van der Waals surface area contributed by atoms with Crippen LogP contribution < -0.4 is 0 Å². The number of hydrogen-bond acceptors (Lipinski definition) is 3. The zero-order valence-electron chi connectivity index (χ0n) is 21.2. The summed E-state index contributed by atoms with van der Waals surface area (Å²) < 4.78 is 0. The summed E-state index contributed by atoms with van der Waals surface area (Å²) in [5, 5.41) is 22.6. The molecular formula is C32H40IrNO2-. The summed E-state index contributed by atoms with van der Waals surface area (Å²) in [6.45, 7) is 0. The van der Waals surface area contributed by atoms with Gasteiger partial charge in [0.25, 0.3) is 0 Å². The zero-order chi connectivity index (χ0) is 24.0. The molecule has 0 aliphatic heterocycles. The average molecular weight is 663 g/mol. The molecular weight excluding hydrogens is 623 g/mol. The van der Waals surface area contributed by atoms with Crippen molar-refractivity contribution in [1.82, 2.24) is 4.98 Å². The molecule has 3 aromatic rings. The fourth-order valence-electron chi connectivity index (χ4n) is 6.69. The number of benzene rings is 2. The van der Waals surface area contributed by atoms with Gasteiger partial charge in [0, 0.05) is 32.2 Å². The van der Waals surface area contributed by atoms with Crippen LogP contribution in [0.1, 0.15) is 88.5 Å². The minimum absolute atomic E-state index is 0. The van der Waals surface area contributed by atoms with Gasteiger partial charge in [-0.1, -0.05) is 62.8 Å². The predicted molar refractivity (Wildman–Crippen MR) is 143 cm³/mol. The number of nitrogens with zero attached hydrogens (tertiary/aromatic N) is 1. The summed E-state index contributed by atoms with van der Waals surface area (Å²) in [4.78, 5) is 4.57. The molecule has 6 rings (SSSR count). The number of hydrogen-bond donors (Lipinski definition) is 2. The molecule has 0 spiro atoms. The van der Waals surface area contributed by atoms with Crippen LogP contribution in [0.25, 0.3) is 22.0 Å². The van der Waals surface area contributed by atoms with E-state index in [1.165, 1.54) is 67.7 Å². The molecule has 3 aliphatic carbocycles. The summed E-state index contributed by atoms with van der Waals surface area (Å²) in [7, 11) is 0. The quantitative estimate of drug-likeness (QED) is 0.281. The van der Waals surface area contributed by atoms with E-state index in [0.29, 0.717) is 5.92 Å². The first kappa shape index (κ1) is 27.5. The third-order valence-corrected chi connectivity index (χ3v) is 8.64. The zero-order valence-corrected chi connectivity index (χ0v) is 23.6. The van der Waals surface area contributed by atoms with Crippen molar-refractivity contribution in [3.8, 4) is 11.3 Å². The average Bonchev–Trinajstić information content (AvgIpc) is 3.29. The fourth-order valence-corrected chi connectivity index (χ4v) is 6.69. The first-order valence-electron chi connectivity index (χ1n) is 13.9. The minimum atomic E-state index is -0.240. The van der Waals surface area contributed by atoms with Gasteiger partial charge in [0.2, 0.25) is 0 Å². The van der Waals surface area contributed by atoms with Gasteiger partial charge >= 0.3 is 0 Å². The Morgan fingerprint density at radius 1 is 0.722 bits per heavy atom. The smallest absolute Gasteiger partial charge is 0.0595 e. The molecule has 0 amide bonds. The number of aliphatic hydroxyl groups is 2. The first-order chi connectivity index (χ1) is 17.2. The number of rotatable bonds is 2. The Bertz CT molecular complexity index is 1060. The third-order valence-electron chi connectivity index (χ3n) is 8.64. The van der Waals surface area contributed by atoms with Crippen LogP contribution in [0, 0.1) is 17.9 Å². The number of aromatic nitrogens is 1. The van der Waals surface area contributed by atoms with Gasteiger partial charge in [-0.3, -0.25) is 0 Å². The second-order valence-electron chi connectivity index (χ2n) is 11.0. The number of aliphatic hydroxyl groups excluding tert-OH is 2. The van der Waals surface area contributed by atoms with E-state index in [4.69, 9.17) is 0 Å². The molecule has 2 unspecified atom stereocenters. The SMILES string of the molecule is OC1CCCCC2CCCCC(O)C12.[Ir].[c-]1ccccc1-c1cc2cc(C3CCCC3)ccc2cn1. The molecule has 0 saturated heterocycles. The maximum atomic E-state index is 10.0. The summed E-state index contributed by atoms with van der Waals surface area (Å²) in [5.41, 5.74) is 3.56. The van der Waals surface area contributed by atoms with Gasteiger partial charge in [-0.2, -0.15) is 0 Å². The van der Waals surface area contributed by atoms with Crippen molar-refractivity contribution in [2.75, 3.05) is 0 Å². The van der Waals surface area contributed by atoms with Crippen molar-refractivity contribution in [2.24, 2.45) is 11.8 Å². The number of fused-ring (bicyclic) bond motifs is 2. The first-order valence-corrected chi connectivity index (χ1v) is 13.9. The van der Waals surface area contributed by atoms with Crippen LogP contribution in [0.4, 0.5) is 0 Å². The van der Waals surface area contributed by atoms with Crippen LogP contribution in [-0.4, -0.2) is 27.4 Å². The summed E-state index contributed by atoms with van der Waals surface area (Å²) >= 11 is 0. The summed E-state index contributed by atoms with van der Waals surface area (Å²) in [6.07, 6.45) is 15.9. The topological polar surface area (TPSA) is 53.4 Å². The Labute approximate surface area is 230 Å². The second-order valence-corrected chi connectivity index (χ2v) is 11.0. The van der Waals surface area contributed by atoms with E-state index in [0.717, 1.165) is 42.9 Å². The fraction of sp³-hybridized carbons (Fsp3) is 0.531. The molecule has 3 saturated carbocycles. The molecule has 1 radical (unpaired) electrons. The van der Waals surface area contributed by atoms with Crippen molar-refractivity contribution < 1.29 is 30.3 Å². The number of pyridine rings is 1. The summed E-state index contributed by atoms with van der Waals surface area (Å²) in [5.74, 6) is 1.53. The van der Waals surface area contributed by atoms with Gasteiger partial charge < -0.3 is 15.2 Å². The Balaban J connectivity index is 0.000000178. The Kier molecular flexibility index (Phi) is 10.1. The van der Waals surface area contributed by atoms with Crippen LogP contribution in [0.2, 0.25) is 0 Å². The van der Waals surface area contributed by atoms with Gasteiger partial charge in [-0.05, 0) is 72.4 Å². The molecule has 4 heteroatoms. The Hall–Kier alpha value is -1.58. The van der Waals surface area contributed by atoms with Crippen LogP contribution in [-0.2, 0) is 20.1 Å². The van der Waals surface area contributed by atoms with E-state index in [1.807, 2.05) is 24.4 Å². The van der Waals surface area contributed by atoms with Crippen LogP contribution in [0.3, 0.4) is 0 Å². The standard InChI is InChI=1S/C20H18N.C12H22O2.Ir/c1-2-8-16(9-3-1)20-13-19-12-17(15-6-4-5-7-15)10-11-18(19)14-21-20;13-10-7-3-1-5-9-6-2-4-8-11(14)12(9)10;/h1-3,8,10-15H,4-7H2;9-14H,1-8H2;/q-1;;. The van der Waals surface area contributed by atoms with Crippen molar-refractivity contribution >= 4 is 10.8 Å². The van der Waals surface area contributed by atoms with Crippen molar-refractivity contribution in [3.63, 3.8) is 0 Å². The maximum Gasteiger partial charge on any atom is 0.0595 e. The maximum absolute atomic E-state index is 10.0. The van der Waals surface area contributed by atoms with Gasteiger partial charge in [-0.15, -0.1) is 35.9 Å². The van der Waals surface area contributed by atoms with Gasteiger partial charge in [0.05, 0.1) is 12.2 Å². The summed E-state index contributed by atoms with van der Waals surface area (Å²) in [6, 6.07) is 20.3. The van der Waals surface area contributed by atoms with Gasteiger partial charge in [-0.25, -0.2) is 0 Å². The molecule has 1 heterocycles. The monoisotopic (exact) mass is 663 g/mol. The molecule has 3 fully saturated rings. The molecule has 3 nitrogen and oxygen atoms in total. The van der Waals surface area contributed by atoms with E-state index in [2.05, 4.69) is 41.4 Å². The molecule has 1 aromatic heterocycles. The van der Waals surface area contributed by atoms with Gasteiger partial charge in [0.1, 0.15) is 0 Å². The third kappa shape index (κ3) is 6.64. The molecule has 2 N–H and O–H groups in total. The van der Waals surface area contributed by atoms with Crippen molar-refractivity contribution in [3.05, 3.63) is 66.4 Å². The van der Waals surface area contributed by atoms with E-state index in [1.54, 1.807) is 0 Å². The molecule has 3 aliphatic rings. The van der Waals surface area contributed by atoms with Crippen molar-refractivity contribution in [2.45, 2.75) is 95.2 Å². The van der Waals surface area contributed by atoms with Crippen LogP contribution in [0.15, 0.2) is 54.7 Å². The Morgan fingerprint density at radius 2 is 1.39 bits per heavy atom. The van der Waals surface area contributed by atoms with E-state index >= 15 is 0 Å². The minimum Gasteiger partial charge on any atom is -0.393 e. The molecule has 2 atom stereocenters. The van der Waals surface area contributed by atoms with E-state index in [-0.39, 0.29) is 38.2 Å². The largest absolute Gasteiger partial charge is 0.393 e. The second kappa shape index (κ2) is 13.3. The van der Waals surface area contributed by atoms with Gasteiger partial charge in [0.15, 0.2) is 0 Å². The van der Waals surface area contributed by atoms with Crippen LogP contribution in [0.5, 0.6) is 0 Å². The Morgan fingerprint density at radius 3 is 2.06 bits per heavy atom. The van der Waals surface area contributed by atoms with E-state index in [9.17, 15) is 10.2 Å². The predicted octanol–water partition coefficient (Wildman–Crippen LogP) is 7.45.